The fraction of sp³-hybridized carbons (Fsp3) is 0.615. The lowest BCUT2D eigenvalue weighted by atomic mass is 9.89. The third-order valence-corrected chi connectivity index (χ3v) is 4.02. The maximum absolute atomic E-state index is 9.46. The van der Waals surface area contributed by atoms with E-state index < -0.39 is 0 Å². The fourth-order valence-electron chi connectivity index (χ4n) is 2.88. The van der Waals surface area contributed by atoms with Crippen molar-refractivity contribution in [1.82, 2.24) is 19.5 Å². The fourth-order valence-corrected chi connectivity index (χ4v) is 2.88. The number of nitrogens with two attached hydrogens (primary N) is 1. The molecule has 1 fully saturated rings. The summed E-state index contributed by atoms with van der Waals surface area (Å²) in [7, 11) is 0. The zero-order valence-corrected chi connectivity index (χ0v) is 11.6. The van der Waals surface area contributed by atoms with Gasteiger partial charge in [-0.25, -0.2) is 15.0 Å². The zero-order valence-electron chi connectivity index (χ0n) is 11.6. The monoisotopic (exact) mass is 277 g/mol. The Bertz CT molecular complexity index is 612. The summed E-state index contributed by atoms with van der Waals surface area (Å²) < 4.78 is 7.82. The molecule has 0 amide bonds. The highest BCUT2D eigenvalue weighted by Crippen LogP contribution is 2.38. The van der Waals surface area contributed by atoms with Crippen LogP contribution in [0.2, 0.25) is 0 Å². The van der Waals surface area contributed by atoms with Crippen molar-refractivity contribution in [2.45, 2.75) is 32.6 Å². The number of fused-ring (bicyclic) bond motifs is 1. The normalized spacial score (nSPS) is 26.7. The lowest BCUT2D eigenvalue weighted by Gasteiger charge is -2.18. The van der Waals surface area contributed by atoms with Crippen LogP contribution >= 0.6 is 0 Å². The Morgan fingerprint density at radius 3 is 2.90 bits per heavy atom. The summed E-state index contributed by atoms with van der Waals surface area (Å²) >= 11 is 0. The number of aliphatic hydroxyl groups is 1. The molecule has 7 heteroatoms. The van der Waals surface area contributed by atoms with Crippen molar-refractivity contribution in [2.24, 2.45) is 11.8 Å². The maximum Gasteiger partial charge on any atom is 0.167 e. The highest BCUT2D eigenvalue weighted by Gasteiger charge is 2.38. The molecule has 0 saturated carbocycles. The summed E-state index contributed by atoms with van der Waals surface area (Å²) in [6, 6.07) is 0. The smallest absolute Gasteiger partial charge is 0.167 e. The first-order valence-corrected chi connectivity index (χ1v) is 6.81. The van der Waals surface area contributed by atoms with Crippen molar-refractivity contribution in [1.29, 1.82) is 0 Å². The average Bonchev–Trinajstić information content (AvgIpc) is 3.02. The number of aromatic nitrogens is 4. The molecule has 1 saturated heterocycles. The number of hydrogen-bond acceptors (Lipinski definition) is 6. The molecular formula is C13H19N5O2. The van der Waals surface area contributed by atoms with Crippen molar-refractivity contribution >= 4 is 17.0 Å². The molecule has 2 aromatic heterocycles. The highest BCUT2D eigenvalue weighted by atomic mass is 16.5. The van der Waals surface area contributed by atoms with Crippen LogP contribution in [-0.2, 0) is 4.74 Å². The van der Waals surface area contributed by atoms with E-state index >= 15 is 0 Å². The Labute approximate surface area is 116 Å². The van der Waals surface area contributed by atoms with Crippen molar-refractivity contribution in [2.75, 3.05) is 12.3 Å². The number of rotatable bonds is 3. The Morgan fingerprint density at radius 2 is 2.25 bits per heavy atom. The highest BCUT2D eigenvalue weighted by molar-refractivity contribution is 5.81. The van der Waals surface area contributed by atoms with Gasteiger partial charge in [-0.3, -0.25) is 4.57 Å². The van der Waals surface area contributed by atoms with Gasteiger partial charge in [0.1, 0.15) is 18.1 Å². The van der Waals surface area contributed by atoms with E-state index in [2.05, 4.69) is 28.8 Å². The van der Waals surface area contributed by atoms with Crippen LogP contribution in [0.4, 0.5) is 5.82 Å². The van der Waals surface area contributed by atoms with Gasteiger partial charge < -0.3 is 15.6 Å². The summed E-state index contributed by atoms with van der Waals surface area (Å²) in [6.45, 7) is 4.32. The van der Waals surface area contributed by atoms with E-state index in [0.29, 0.717) is 28.8 Å². The first-order valence-electron chi connectivity index (χ1n) is 6.81. The Morgan fingerprint density at radius 1 is 1.45 bits per heavy atom. The molecule has 0 radical (unpaired) electrons. The molecule has 3 atom stereocenters. The van der Waals surface area contributed by atoms with Gasteiger partial charge in [-0.05, 0) is 18.3 Å². The molecule has 0 spiro atoms. The van der Waals surface area contributed by atoms with Crippen LogP contribution in [0.15, 0.2) is 12.7 Å². The van der Waals surface area contributed by atoms with Crippen LogP contribution in [0.1, 0.15) is 26.5 Å². The molecule has 0 aliphatic carbocycles. The Balaban J connectivity index is 1.95. The molecule has 1 aliphatic heterocycles. The molecule has 3 rings (SSSR count). The molecule has 0 bridgehead atoms. The van der Waals surface area contributed by atoms with Gasteiger partial charge in [-0.15, -0.1) is 0 Å². The molecule has 108 valence electrons. The van der Waals surface area contributed by atoms with Crippen molar-refractivity contribution in [3.8, 4) is 0 Å². The molecule has 3 N–H and O–H groups in total. The lowest BCUT2D eigenvalue weighted by molar-refractivity contribution is -0.0327. The summed E-state index contributed by atoms with van der Waals surface area (Å²) in [4.78, 5) is 12.4. The lowest BCUT2D eigenvalue weighted by Crippen LogP contribution is -2.24. The average molecular weight is 277 g/mol. The number of nitrogens with zero attached hydrogens (tertiary/aromatic N) is 4. The maximum atomic E-state index is 9.46. The SMILES string of the molecule is CC(C)[C@@H]1C[C@H](n2cnc3c(N)ncnc32)O[C@@H]1CO. The second kappa shape index (κ2) is 4.99. The number of anilines is 1. The van der Waals surface area contributed by atoms with Gasteiger partial charge in [-0.2, -0.15) is 0 Å². The Hall–Kier alpha value is -1.73. The number of aliphatic hydroxyl groups excluding tert-OH is 1. The molecule has 2 aromatic rings. The molecule has 0 unspecified atom stereocenters. The van der Waals surface area contributed by atoms with Gasteiger partial charge in [0.25, 0.3) is 0 Å². The Kier molecular flexibility index (Phi) is 3.31. The van der Waals surface area contributed by atoms with E-state index in [4.69, 9.17) is 10.5 Å². The quantitative estimate of drug-likeness (QED) is 0.867. The van der Waals surface area contributed by atoms with E-state index in [9.17, 15) is 5.11 Å². The summed E-state index contributed by atoms with van der Waals surface area (Å²) in [5.74, 6) is 1.14. The summed E-state index contributed by atoms with van der Waals surface area (Å²) in [5, 5.41) is 9.46. The second-order valence-electron chi connectivity index (χ2n) is 5.54. The van der Waals surface area contributed by atoms with Crippen LogP contribution in [0.3, 0.4) is 0 Å². The van der Waals surface area contributed by atoms with Gasteiger partial charge in [0.15, 0.2) is 11.5 Å². The van der Waals surface area contributed by atoms with E-state index in [1.807, 2.05) is 4.57 Å². The second-order valence-corrected chi connectivity index (χ2v) is 5.54. The topological polar surface area (TPSA) is 99.1 Å². The first-order chi connectivity index (χ1) is 9.61. The van der Waals surface area contributed by atoms with Crippen LogP contribution in [0.25, 0.3) is 11.2 Å². The van der Waals surface area contributed by atoms with Crippen LogP contribution < -0.4 is 5.73 Å². The number of ether oxygens (including phenoxy) is 1. The minimum Gasteiger partial charge on any atom is -0.394 e. The third kappa shape index (κ3) is 2.03. The molecule has 20 heavy (non-hydrogen) atoms. The molecule has 1 aliphatic rings. The van der Waals surface area contributed by atoms with Crippen LogP contribution in [0.5, 0.6) is 0 Å². The predicted octanol–water partition coefficient (Wildman–Crippen LogP) is 0.960. The minimum absolute atomic E-state index is 0.0309. The van der Waals surface area contributed by atoms with E-state index in [-0.39, 0.29) is 18.9 Å². The van der Waals surface area contributed by atoms with Crippen molar-refractivity contribution in [3.63, 3.8) is 0 Å². The van der Waals surface area contributed by atoms with E-state index in [0.717, 1.165) is 6.42 Å². The largest absolute Gasteiger partial charge is 0.394 e. The third-order valence-electron chi connectivity index (χ3n) is 4.02. The van der Waals surface area contributed by atoms with Gasteiger partial charge in [0.2, 0.25) is 0 Å². The number of imidazole rings is 1. The minimum atomic E-state index is -0.168. The predicted molar refractivity (Wildman–Crippen MR) is 73.7 cm³/mol. The van der Waals surface area contributed by atoms with Gasteiger partial charge in [0, 0.05) is 0 Å². The summed E-state index contributed by atoms with van der Waals surface area (Å²) in [6.07, 6.45) is 3.62. The zero-order chi connectivity index (χ0) is 14.3. The molecule has 3 heterocycles. The molecule has 0 aromatic carbocycles. The van der Waals surface area contributed by atoms with Gasteiger partial charge in [0.05, 0.1) is 19.0 Å². The standard InChI is InChI=1S/C13H19N5O2/c1-7(2)8-3-10(20-9(8)4-19)18-6-17-11-12(14)15-5-16-13(11)18/h5-10,19H,3-4H2,1-2H3,(H2,14,15,16)/t8-,9+,10+/m0/s1. The molecule has 7 nitrogen and oxygen atoms in total. The first kappa shape index (κ1) is 13.3. The van der Waals surface area contributed by atoms with Gasteiger partial charge in [-0.1, -0.05) is 13.8 Å². The van der Waals surface area contributed by atoms with E-state index in [1.54, 1.807) is 6.33 Å². The van der Waals surface area contributed by atoms with E-state index in [1.165, 1.54) is 6.33 Å². The number of hydrogen-bond donors (Lipinski definition) is 2. The van der Waals surface area contributed by atoms with Gasteiger partial charge >= 0.3 is 0 Å². The van der Waals surface area contributed by atoms with Crippen molar-refractivity contribution < 1.29 is 9.84 Å². The van der Waals surface area contributed by atoms with Crippen LogP contribution in [-0.4, -0.2) is 37.3 Å². The van der Waals surface area contributed by atoms with Crippen molar-refractivity contribution in [3.05, 3.63) is 12.7 Å². The van der Waals surface area contributed by atoms with Crippen LogP contribution in [0, 0.1) is 11.8 Å². The number of nitrogen functional groups attached to an aromatic ring is 1. The molecular weight excluding hydrogens is 258 g/mol. The summed E-state index contributed by atoms with van der Waals surface area (Å²) in [5.41, 5.74) is 7.05.